The van der Waals surface area contributed by atoms with E-state index in [0.29, 0.717) is 5.92 Å². The lowest BCUT2D eigenvalue weighted by Gasteiger charge is -2.40. The van der Waals surface area contributed by atoms with Gasteiger partial charge < -0.3 is 10.4 Å². The molecule has 2 atom stereocenters. The fraction of sp³-hybridized carbons (Fsp3) is 0.600. The number of aryl methyl sites for hydroxylation is 1. The van der Waals surface area contributed by atoms with Crippen molar-refractivity contribution in [3.05, 3.63) is 33.9 Å². The highest BCUT2D eigenvalue weighted by Crippen LogP contribution is 2.36. The molecule has 1 aliphatic carbocycles. The average molecular weight is 278 g/mol. The summed E-state index contributed by atoms with van der Waals surface area (Å²) < 4.78 is 0. The van der Waals surface area contributed by atoms with Crippen LogP contribution in [0.1, 0.15) is 38.2 Å². The third-order valence-corrected chi connectivity index (χ3v) is 4.21. The number of non-ortho nitro benzene ring substituents is 1. The first kappa shape index (κ1) is 14.8. The van der Waals surface area contributed by atoms with E-state index in [0.717, 1.165) is 30.5 Å². The average Bonchev–Trinajstić information content (AvgIpc) is 2.41. The van der Waals surface area contributed by atoms with Crippen LogP contribution in [-0.2, 0) is 0 Å². The molecule has 2 unspecified atom stereocenters. The Bertz CT molecular complexity index is 504. The van der Waals surface area contributed by atoms with Gasteiger partial charge >= 0.3 is 0 Å². The van der Waals surface area contributed by atoms with Gasteiger partial charge in [-0.3, -0.25) is 10.1 Å². The van der Waals surface area contributed by atoms with E-state index < -0.39 is 0 Å². The van der Waals surface area contributed by atoms with Crippen molar-refractivity contribution in [2.75, 3.05) is 11.9 Å². The minimum atomic E-state index is -0.388. The summed E-state index contributed by atoms with van der Waals surface area (Å²) in [7, 11) is 0. The smallest absolute Gasteiger partial charge is 0.269 e. The molecule has 0 heterocycles. The number of nitrogens with one attached hydrogen (secondary N) is 1. The van der Waals surface area contributed by atoms with Gasteiger partial charge in [-0.25, -0.2) is 0 Å². The van der Waals surface area contributed by atoms with E-state index >= 15 is 0 Å². The number of aliphatic hydroxyl groups excluding tert-OH is 1. The lowest BCUT2D eigenvalue weighted by Crippen LogP contribution is -2.46. The normalized spacial score (nSPS) is 26.2. The maximum absolute atomic E-state index is 10.8. The fourth-order valence-electron chi connectivity index (χ4n) is 3.14. The van der Waals surface area contributed by atoms with E-state index in [-0.39, 0.29) is 22.8 Å². The van der Waals surface area contributed by atoms with E-state index in [2.05, 4.69) is 12.2 Å². The molecule has 0 saturated heterocycles. The number of nitro groups is 1. The zero-order chi connectivity index (χ0) is 14.8. The Labute approximate surface area is 119 Å². The van der Waals surface area contributed by atoms with Crippen molar-refractivity contribution in [1.29, 1.82) is 0 Å². The lowest BCUT2D eigenvalue weighted by molar-refractivity contribution is -0.384. The SMILES string of the molecule is Cc1cc([N+](=O)[O-])ccc1NC1(CO)CCCC(C)C1. The van der Waals surface area contributed by atoms with Gasteiger partial charge in [0.15, 0.2) is 0 Å². The standard InChI is InChI=1S/C15H22N2O3/c1-11-4-3-7-15(9-11,10-18)16-14-6-5-13(17(19)20)8-12(14)2/h5-6,8,11,16,18H,3-4,7,9-10H2,1-2H3. The second-order valence-electron chi connectivity index (χ2n) is 6.02. The van der Waals surface area contributed by atoms with Crippen molar-refractivity contribution in [2.45, 2.75) is 45.1 Å². The Morgan fingerprint density at radius 1 is 1.55 bits per heavy atom. The predicted molar refractivity (Wildman–Crippen MR) is 78.9 cm³/mol. The molecule has 2 rings (SSSR count). The molecule has 110 valence electrons. The molecule has 0 aromatic heterocycles. The zero-order valence-corrected chi connectivity index (χ0v) is 12.1. The van der Waals surface area contributed by atoms with Gasteiger partial charge in [-0.05, 0) is 37.3 Å². The number of nitro benzene ring substituents is 1. The second kappa shape index (κ2) is 5.79. The molecule has 5 nitrogen and oxygen atoms in total. The Morgan fingerprint density at radius 2 is 2.30 bits per heavy atom. The molecular weight excluding hydrogens is 256 g/mol. The minimum Gasteiger partial charge on any atom is -0.394 e. The fourth-order valence-corrected chi connectivity index (χ4v) is 3.14. The van der Waals surface area contributed by atoms with E-state index in [1.807, 2.05) is 6.92 Å². The van der Waals surface area contributed by atoms with Crippen LogP contribution in [0.3, 0.4) is 0 Å². The summed E-state index contributed by atoms with van der Waals surface area (Å²) in [6.45, 7) is 4.15. The summed E-state index contributed by atoms with van der Waals surface area (Å²) in [5.41, 5.74) is 1.52. The summed E-state index contributed by atoms with van der Waals surface area (Å²) in [5, 5.41) is 24.0. The van der Waals surface area contributed by atoms with Crippen molar-refractivity contribution >= 4 is 11.4 Å². The van der Waals surface area contributed by atoms with Crippen LogP contribution in [0, 0.1) is 23.0 Å². The predicted octanol–water partition coefficient (Wildman–Crippen LogP) is 3.26. The third kappa shape index (κ3) is 3.10. The van der Waals surface area contributed by atoms with E-state index in [1.54, 1.807) is 12.1 Å². The van der Waals surface area contributed by atoms with Crippen LogP contribution < -0.4 is 5.32 Å². The Hall–Kier alpha value is -1.62. The maximum atomic E-state index is 10.8. The number of hydrogen-bond donors (Lipinski definition) is 2. The summed E-state index contributed by atoms with van der Waals surface area (Å²) in [6, 6.07) is 4.82. The van der Waals surface area contributed by atoms with E-state index in [1.165, 1.54) is 12.5 Å². The highest BCUT2D eigenvalue weighted by atomic mass is 16.6. The molecule has 0 spiro atoms. The van der Waals surface area contributed by atoms with Crippen LogP contribution >= 0.6 is 0 Å². The molecule has 0 radical (unpaired) electrons. The van der Waals surface area contributed by atoms with Crippen molar-refractivity contribution in [3.63, 3.8) is 0 Å². The minimum absolute atomic E-state index is 0.0910. The van der Waals surface area contributed by atoms with Crippen molar-refractivity contribution in [2.24, 2.45) is 5.92 Å². The second-order valence-corrected chi connectivity index (χ2v) is 6.02. The van der Waals surface area contributed by atoms with Gasteiger partial charge in [0.25, 0.3) is 5.69 Å². The van der Waals surface area contributed by atoms with E-state index in [4.69, 9.17) is 0 Å². The highest BCUT2D eigenvalue weighted by Gasteiger charge is 2.34. The van der Waals surface area contributed by atoms with Gasteiger partial charge in [-0.1, -0.05) is 19.8 Å². The monoisotopic (exact) mass is 278 g/mol. The first-order valence-corrected chi connectivity index (χ1v) is 7.10. The number of nitrogens with zero attached hydrogens (tertiary/aromatic N) is 1. The Morgan fingerprint density at radius 3 is 2.85 bits per heavy atom. The molecule has 1 fully saturated rings. The molecule has 1 aromatic rings. The highest BCUT2D eigenvalue weighted by molar-refractivity contribution is 5.57. The van der Waals surface area contributed by atoms with Crippen molar-refractivity contribution < 1.29 is 10.0 Å². The molecule has 1 saturated carbocycles. The Kier molecular flexibility index (Phi) is 4.28. The molecule has 0 aliphatic heterocycles. The van der Waals surface area contributed by atoms with Crippen LogP contribution in [0.5, 0.6) is 0 Å². The van der Waals surface area contributed by atoms with Gasteiger partial charge in [0, 0.05) is 17.8 Å². The number of aliphatic hydroxyl groups is 1. The molecule has 20 heavy (non-hydrogen) atoms. The first-order valence-electron chi connectivity index (χ1n) is 7.10. The van der Waals surface area contributed by atoms with Crippen LogP contribution in [-0.4, -0.2) is 22.2 Å². The number of rotatable bonds is 4. The third-order valence-electron chi connectivity index (χ3n) is 4.21. The van der Waals surface area contributed by atoms with Gasteiger partial charge in [0.05, 0.1) is 17.1 Å². The quantitative estimate of drug-likeness (QED) is 0.654. The number of benzene rings is 1. The van der Waals surface area contributed by atoms with Crippen LogP contribution in [0.15, 0.2) is 18.2 Å². The largest absolute Gasteiger partial charge is 0.394 e. The molecule has 1 aliphatic rings. The molecule has 0 amide bonds. The van der Waals surface area contributed by atoms with Crippen molar-refractivity contribution in [1.82, 2.24) is 0 Å². The van der Waals surface area contributed by atoms with Crippen LogP contribution in [0.2, 0.25) is 0 Å². The molecule has 0 bridgehead atoms. The van der Waals surface area contributed by atoms with Crippen LogP contribution in [0.25, 0.3) is 0 Å². The summed E-state index contributed by atoms with van der Waals surface area (Å²) in [4.78, 5) is 10.4. The summed E-state index contributed by atoms with van der Waals surface area (Å²) >= 11 is 0. The zero-order valence-electron chi connectivity index (χ0n) is 12.1. The molecule has 1 aromatic carbocycles. The van der Waals surface area contributed by atoms with Crippen molar-refractivity contribution in [3.8, 4) is 0 Å². The Balaban J connectivity index is 2.21. The van der Waals surface area contributed by atoms with Gasteiger partial charge in [0.1, 0.15) is 0 Å². The van der Waals surface area contributed by atoms with Gasteiger partial charge in [-0.2, -0.15) is 0 Å². The topological polar surface area (TPSA) is 75.4 Å². The summed E-state index contributed by atoms with van der Waals surface area (Å²) in [5.74, 6) is 0.585. The van der Waals surface area contributed by atoms with Crippen LogP contribution in [0.4, 0.5) is 11.4 Å². The molecule has 2 N–H and O–H groups in total. The number of anilines is 1. The molecular formula is C15H22N2O3. The summed E-state index contributed by atoms with van der Waals surface area (Å²) in [6.07, 6.45) is 4.16. The van der Waals surface area contributed by atoms with Gasteiger partial charge in [0.2, 0.25) is 0 Å². The first-order chi connectivity index (χ1) is 9.46. The number of hydrogen-bond acceptors (Lipinski definition) is 4. The lowest BCUT2D eigenvalue weighted by atomic mass is 9.76. The molecule has 5 heteroatoms. The maximum Gasteiger partial charge on any atom is 0.269 e. The van der Waals surface area contributed by atoms with E-state index in [9.17, 15) is 15.2 Å². The van der Waals surface area contributed by atoms with Gasteiger partial charge in [-0.15, -0.1) is 0 Å².